The van der Waals surface area contributed by atoms with Gasteiger partial charge in [-0.3, -0.25) is 4.79 Å². The molecule has 5 nitrogen and oxygen atoms in total. The number of hydrogen-bond donors (Lipinski definition) is 1. The van der Waals surface area contributed by atoms with Gasteiger partial charge in [-0.1, -0.05) is 0 Å². The van der Waals surface area contributed by atoms with Gasteiger partial charge in [0, 0.05) is 19.3 Å². The Morgan fingerprint density at radius 2 is 2.47 bits per heavy atom. The minimum atomic E-state index is -0.0837. The first-order chi connectivity index (χ1) is 7.20. The van der Waals surface area contributed by atoms with E-state index in [1.54, 1.807) is 22.0 Å². The summed E-state index contributed by atoms with van der Waals surface area (Å²) in [6, 6.07) is 0.443. The largest absolute Gasteiger partial charge is 0.390 e. The molecule has 15 heavy (non-hydrogen) atoms. The lowest BCUT2D eigenvalue weighted by Gasteiger charge is -2.16. The van der Waals surface area contributed by atoms with Gasteiger partial charge in [0.2, 0.25) is 5.91 Å². The molecule has 0 atom stereocenters. The van der Waals surface area contributed by atoms with E-state index in [1.165, 1.54) is 0 Å². The van der Waals surface area contributed by atoms with Crippen molar-refractivity contribution in [1.82, 2.24) is 14.5 Å². The molecule has 1 aromatic rings. The molecule has 5 heteroatoms. The molecule has 0 saturated heterocycles. The van der Waals surface area contributed by atoms with E-state index in [9.17, 15) is 4.79 Å². The third-order valence-electron chi connectivity index (χ3n) is 2.65. The maximum atomic E-state index is 11.7. The highest BCUT2D eigenvalue weighted by Gasteiger charge is 2.29. The number of aliphatic hydroxyl groups is 1. The van der Waals surface area contributed by atoms with Crippen LogP contribution in [0.25, 0.3) is 0 Å². The average molecular weight is 209 g/mol. The van der Waals surface area contributed by atoms with Crippen molar-refractivity contribution in [1.29, 1.82) is 0 Å². The van der Waals surface area contributed by atoms with Crippen LogP contribution in [0.4, 0.5) is 0 Å². The number of carbonyl (C=O) groups excluding carboxylic acids is 1. The number of imidazole rings is 1. The van der Waals surface area contributed by atoms with Crippen LogP contribution in [0.2, 0.25) is 0 Å². The molecular formula is C10H15N3O2. The maximum absolute atomic E-state index is 11.7. The second-order valence-corrected chi connectivity index (χ2v) is 3.93. The van der Waals surface area contributed by atoms with Gasteiger partial charge in [-0.15, -0.1) is 0 Å². The van der Waals surface area contributed by atoms with E-state index < -0.39 is 0 Å². The van der Waals surface area contributed by atoms with Crippen LogP contribution in [-0.2, 0) is 17.9 Å². The fraction of sp³-hybridized carbons (Fsp3) is 0.600. The molecule has 1 aromatic heterocycles. The van der Waals surface area contributed by atoms with Crippen LogP contribution < -0.4 is 0 Å². The summed E-state index contributed by atoms with van der Waals surface area (Å²) in [5, 5.41) is 8.82. The zero-order valence-corrected chi connectivity index (χ0v) is 8.76. The van der Waals surface area contributed by atoms with E-state index in [0.717, 1.165) is 12.8 Å². The predicted molar refractivity (Wildman–Crippen MR) is 53.9 cm³/mol. The van der Waals surface area contributed by atoms with E-state index in [1.807, 2.05) is 7.05 Å². The number of aliphatic hydroxyl groups excluding tert-OH is 1. The molecule has 0 aromatic carbocycles. The summed E-state index contributed by atoms with van der Waals surface area (Å²) in [7, 11) is 1.84. The molecule has 0 spiro atoms. The molecule has 1 amide bonds. The van der Waals surface area contributed by atoms with Gasteiger partial charge in [0.05, 0.1) is 18.6 Å². The van der Waals surface area contributed by atoms with Crippen LogP contribution in [0.1, 0.15) is 18.5 Å². The molecule has 1 heterocycles. The predicted octanol–water partition coefficient (Wildman–Crippen LogP) is -0.00380. The minimum Gasteiger partial charge on any atom is -0.390 e. The van der Waals surface area contributed by atoms with Crippen LogP contribution in [0.5, 0.6) is 0 Å². The van der Waals surface area contributed by atoms with Crippen molar-refractivity contribution in [3.8, 4) is 0 Å². The van der Waals surface area contributed by atoms with Crippen molar-refractivity contribution in [2.45, 2.75) is 32.0 Å². The first-order valence-corrected chi connectivity index (χ1v) is 5.08. The van der Waals surface area contributed by atoms with Gasteiger partial charge in [0.15, 0.2) is 0 Å². The molecule has 1 N–H and O–H groups in total. The van der Waals surface area contributed by atoms with Gasteiger partial charge in [-0.05, 0) is 12.8 Å². The van der Waals surface area contributed by atoms with E-state index >= 15 is 0 Å². The lowest BCUT2D eigenvalue weighted by atomic mass is 10.4. The van der Waals surface area contributed by atoms with Crippen molar-refractivity contribution < 1.29 is 9.90 Å². The fourth-order valence-electron chi connectivity index (χ4n) is 1.51. The van der Waals surface area contributed by atoms with Crippen LogP contribution in [0.3, 0.4) is 0 Å². The average Bonchev–Trinajstić information content (AvgIpc) is 2.98. The summed E-state index contributed by atoms with van der Waals surface area (Å²) < 4.78 is 1.70. The molecule has 0 aliphatic heterocycles. The molecule has 0 bridgehead atoms. The number of hydrogen-bond acceptors (Lipinski definition) is 3. The van der Waals surface area contributed by atoms with E-state index in [0.29, 0.717) is 18.3 Å². The standard InChI is InChI=1S/C10H15N3O2/c1-12(9-2-3-9)10(15)5-13-4-8(6-14)11-7-13/h4,7,9,14H,2-3,5-6H2,1H3. The number of amides is 1. The fourth-order valence-corrected chi connectivity index (χ4v) is 1.51. The lowest BCUT2D eigenvalue weighted by Crippen LogP contribution is -2.31. The van der Waals surface area contributed by atoms with Crippen LogP contribution in [0.15, 0.2) is 12.5 Å². The molecule has 2 rings (SSSR count). The quantitative estimate of drug-likeness (QED) is 0.759. The number of nitrogens with zero attached hydrogens (tertiary/aromatic N) is 3. The minimum absolute atomic E-state index is 0.0837. The third kappa shape index (κ3) is 2.36. The second-order valence-electron chi connectivity index (χ2n) is 3.93. The van der Waals surface area contributed by atoms with Gasteiger partial charge in [-0.2, -0.15) is 0 Å². The van der Waals surface area contributed by atoms with Crippen molar-refractivity contribution in [3.63, 3.8) is 0 Å². The Kier molecular flexibility index (Phi) is 2.73. The summed E-state index contributed by atoms with van der Waals surface area (Å²) in [4.78, 5) is 17.4. The highest BCUT2D eigenvalue weighted by Crippen LogP contribution is 2.25. The van der Waals surface area contributed by atoms with E-state index in [4.69, 9.17) is 5.11 Å². The first-order valence-electron chi connectivity index (χ1n) is 5.08. The Morgan fingerprint density at radius 1 is 1.73 bits per heavy atom. The van der Waals surface area contributed by atoms with E-state index in [-0.39, 0.29) is 12.5 Å². The third-order valence-corrected chi connectivity index (χ3v) is 2.65. The summed E-state index contributed by atoms with van der Waals surface area (Å²) in [6.45, 7) is 0.222. The van der Waals surface area contributed by atoms with Crippen LogP contribution in [0, 0.1) is 0 Å². The van der Waals surface area contributed by atoms with E-state index in [2.05, 4.69) is 4.98 Å². The summed E-state index contributed by atoms with van der Waals surface area (Å²) in [5.41, 5.74) is 0.594. The van der Waals surface area contributed by atoms with Gasteiger partial charge >= 0.3 is 0 Å². The molecular weight excluding hydrogens is 194 g/mol. The van der Waals surface area contributed by atoms with Gasteiger partial charge in [0.25, 0.3) is 0 Å². The second kappa shape index (κ2) is 4.02. The zero-order chi connectivity index (χ0) is 10.8. The molecule has 82 valence electrons. The maximum Gasteiger partial charge on any atom is 0.242 e. The molecule has 0 unspecified atom stereocenters. The monoisotopic (exact) mass is 209 g/mol. The smallest absolute Gasteiger partial charge is 0.242 e. The van der Waals surface area contributed by atoms with Crippen molar-refractivity contribution in [2.24, 2.45) is 0 Å². The van der Waals surface area contributed by atoms with Crippen molar-refractivity contribution in [3.05, 3.63) is 18.2 Å². The Bertz CT molecular complexity index is 357. The Hall–Kier alpha value is -1.36. The molecule has 1 aliphatic carbocycles. The van der Waals surface area contributed by atoms with Gasteiger partial charge in [0.1, 0.15) is 6.54 Å². The molecule has 1 fully saturated rings. The zero-order valence-electron chi connectivity index (χ0n) is 8.76. The van der Waals surface area contributed by atoms with Crippen LogP contribution in [-0.4, -0.2) is 38.6 Å². The molecule has 0 radical (unpaired) electrons. The highest BCUT2D eigenvalue weighted by molar-refractivity contribution is 5.76. The summed E-state index contributed by atoms with van der Waals surface area (Å²) >= 11 is 0. The van der Waals surface area contributed by atoms with Gasteiger partial charge in [-0.25, -0.2) is 4.98 Å². The summed E-state index contributed by atoms with van der Waals surface area (Å²) in [6.07, 6.45) is 5.50. The Morgan fingerprint density at radius 3 is 3.00 bits per heavy atom. The van der Waals surface area contributed by atoms with Crippen molar-refractivity contribution >= 4 is 5.91 Å². The van der Waals surface area contributed by atoms with Crippen LogP contribution >= 0.6 is 0 Å². The molecule has 1 saturated carbocycles. The topological polar surface area (TPSA) is 58.4 Å². The number of carbonyl (C=O) groups is 1. The number of rotatable bonds is 4. The first kappa shape index (κ1) is 10.2. The SMILES string of the molecule is CN(C(=O)Cn1cnc(CO)c1)C1CC1. The Balaban J connectivity index is 1.92. The highest BCUT2D eigenvalue weighted by atomic mass is 16.3. The van der Waals surface area contributed by atoms with Crippen molar-refractivity contribution in [2.75, 3.05) is 7.05 Å². The summed E-state index contributed by atoms with van der Waals surface area (Å²) in [5.74, 6) is 0.0967. The van der Waals surface area contributed by atoms with Gasteiger partial charge < -0.3 is 14.6 Å². The Labute approximate surface area is 88.3 Å². The molecule has 1 aliphatic rings. The normalized spacial score (nSPS) is 15.3. The lowest BCUT2D eigenvalue weighted by molar-refractivity contribution is -0.131. The number of likely N-dealkylation sites (N-methyl/N-ethyl adjacent to an activating group) is 1. The number of aromatic nitrogens is 2.